The molecule has 0 saturated heterocycles. The quantitative estimate of drug-likeness (QED) is 0.597. The number of anilines is 1. The van der Waals surface area contributed by atoms with Crippen molar-refractivity contribution in [2.24, 2.45) is 21.1 Å². The Labute approximate surface area is 172 Å². The van der Waals surface area contributed by atoms with Crippen molar-refractivity contribution in [3.05, 3.63) is 50.7 Å². The zero-order chi connectivity index (χ0) is 22.2. The number of carbonyl (C=O) groups excluding carboxylic acids is 1. The van der Waals surface area contributed by atoms with Gasteiger partial charge in [-0.15, -0.1) is 0 Å². The van der Waals surface area contributed by atoms with Crippen LogP contribution in [0.15, 0.2) is 39.0 Å². The average Bonchev–Trinajstić information content (AvgIpc) is 3.07. The van der Waals surface area contributed by atoms with E-state index in [0.29, 0.717) is 5.69 Å². The van der Waals surface area contributed by atoms with Gasteiger partial charge in [0, 0.05) is 33.3 Å². The smallest absolute Gasteiger partial charge is 0.326 e. The van der Waals surface area contributed by atoms with Crippen LogP contribution >= 0.6 is 0 Å². The van der Waals surface area contributed by atoms with Gasteiger partial charge in [0.25, 0.3) is 5.56 Å². The number of hydrogen-bond donors (Lipinski definition) is 1. The van der Waals surface area contributed by atoms with Crippen molar-refractivity contribution in [3.63, 3.8) is 0 Å². The van der Waals surface area contributed by atoms with Crippen LogP contribution in [-0.2, 0) is 42.2 Å². The van der Waals surface area contributed by atoms with E-state index in [9.17, 15) is 22.8 Å². The van der Waals surface area contributed by atoms with Gasteiger partial charge in [-0.3, -0.25) is 18.7 Å². The summed E-state index contributed by atoms with van der Waals surface area (Å²) in [4.78, 5) is 40.7. The number of aromatic nitrogens is 4. The third-order valence-electron chi connectivity index (χ3n) is 4.92. The van der Waals surface area contributed by atoms with Crippen molar-refractivity contribution in [1.29, 1.82) is 0 Å². The number of nitrogens with zero attached hydrogens (tertiary/aromatic N) is 4. The van der Waals surface area contributed by atoms with Gasteiger partial charge in [-0.1, -0.05) is 19.1 Å². The van der Waals surface area contributed by atoms with Gasteiger partial charge in [-0.2, -0.15) is 0 Å². The third-order valence-corrected chi connectivity index (χ3v) is 6.58. The van der Waals surface area contributed by atoms with Gasteiger partial charge in [-0.05, 0) is 24.1 Å². The summed E-state index contributed by atoms with van der Waals surface area (Å²) in [7, 11) is 0.156. The van der Waals surface area contributed by atoms with Gasteiger partial charge < -0.3 is 9.88 Å². The fourth-order valence-electron chi connectivity index (χ4n) is 3.25. The molecule has 0 aliphatic heterocycles. The SMILES string of the molecule is CCc1cccc(NC(=O)CCS(=O)(=O)c2nc3c(=O)n(C)c(=O)n(C)c3n2C)c1. The van der Waals surface area contributed by atoms with Crippen molar-refractivity contribution in [2.75, 3.05) is 11.1 Å². The lowest BCUT2D eigenvalue weighted by Crippen LogP contribution is -2.37. The molecule has 11 heteroatoms. The number of nitrogens with one attached hydrogen (secondary N) is 1. The molecule has 1 aromatic carbocycles. The highest BCUT2D eigenvalue weighted by atomic mass is 32.2. The Morgan fingerprint density at radius 2 is 1.80 bits per heavy atom. The zero-order valence-corrected chi connectivity index (χ0v) is 18.0. The van der Waals surface area contributed by atoms with E-state index in [1.165, 1.54) is 25.7 Å². The third kappa shape index (κ3) is 3.80. The number of carbonyl (C=O) groups is 1. The molecule has 1 amide bonds. The lowest BCUT2D eigenvalue weighted by atomic mass is 10.1. The van der Waals surface area contributed by atoms with Crippen LogP contribution in [0.2, 0.25) is 0 Å². The molecule has 30 heavy (non-hydrogen) atoms. The molecular formula is C19H23N5O5S. The van der Waals surface area contributed by atoms with Crippen molar-refractivity contribution in [2.45, 2.75) is 24.9 Å². The number of imidazole rings is 1. The van der Waals surface area contributed by atoms with E-state index in [1.54, 1.807) is 6.07 Å². The molecule has 10 nitrogen and oxygen atoms in total. The van der Waals surface area contributed by atoms with E-state index in [1.807, 2.05) is 25.1 Å². The summed E-state index contributed by atoms with van der Waals surface area (Å²) < 4.78 is 28.8. The molecule has 2 heterocycles. The molecule has 1 N–H and O–H groups in total. The van der Waals surface area contributed by atoms with Gasteiger partial charge in [0.1, 0.15) is 0 Å². The molecule has 0 saturated carbocycles. The minimum absolute atomic E-state index is 0.0995. The summed E-state index contributed by atoms with van der Waals surface area (Å²) in [6, 6.07) is 7.31. The van der Waals surface area contributed by atoms with Crippen molar-refractivity contribution < 1.29 is 13.2 Å². The summed E-state index contributed by atoms with van der Waals surface area (Å²) in [6.07, 6.45) is 0.533. The molecule has 160 valence electrons. The van der Waals surface area contributed by atoms with E-state index in [0.717, 1.165) is 21.1 Å². The van der Waals surface area contributed by atoms with E-state index in [2.05, 4.69) is 10.3 Å². The van der Waals surface area contributed by atoms with Gasteiger partial charge in [0.15, 0.2) is 11.2 Å². The Hall–Kier alpha value is -3.21. The summed E-state index contributed by atoms with van der Waals surface area (Å²) in [6.45, 7) is 1.99. The summed E-state index contributed by atoms with van der Waals surface area (Å²) >= 11 is 0. The van der Waals surface area contributed by atoms with E-state index < -0.39 is 32.7 Å². The molecule has 0 atom stereocenters. The van der Waals surface area contributed by atoms with Crippen LogP contribution in [0.5, 0.6) is 0 Å². The van der Waals surface area contributed by atoms with Crippen LogP contribution < -0.4 is 16.6 Å². The predicted octanol–water partition coefficient (Wildman–Crippen LogP) is 0.336. The van der Waals surface area contributed by atoms with Gasteiger partial charge in [-0.25, -0.2) is 18.2 Å². The molecule has 0 aliphatic rings. The summed E-state index contributed by atoms with van der Waals surface area (Å²) in [5.74, 6) is -0.938. The molecule has 2 aromatic heterocycles. The van der Waals surface area contributed by atoms with Crippen LogP contribution in [0.1, 0.15) is 18.9 Å². The molecule has 0 spiro atoms. The second kappa shape index (κ2) is 7.90. The normalized spacial score (nSPS) is 11.7. The van der Waals surface area contributed by atoms with Crippen LogP contribution in [-0.4, -0.2) is 38.8 Å². The molecule has 0 fully saturated rings. The van der Waals surface area contributed by atoms with E-state index in [4.69, 9.17) is 0 Å². The highest BCUT2D eigenvalue weighted by Crippen LogP contribution is 2.17. The maximum Gasteiger partial charge on any atom is 0.332 e. The Bertz CT molecular complexity index is 1360. The number of aryl methyl sites for hydroxylation is 3. The highest BCUT2D eigenvalue weighted by molar-refractivity contribution is 7.91. The molecule has 0 radical (unpaired) electrons. The number of benzene rings is 1. The molecular weight excluding hydrogens is 410 g/mol. The number of amides is 1. The maximum absolute atomic E-state index is 12.8. The van der Waals surface area contributed by atoms with Crippen LogP contribution in [0.4, 0.5) is 5.69 Å². The van der Waals surface area contributed by atoms with Crippen molar-refractivity contribution >= 4 is 32.6 Å². The van der Waals surface area contributed by atoms with Gasteiger partial charge in [0.2, 0.25) is 20.9 Å². The van der Waals surface area contributed by atoms with Crippen molar-refractivity contribution in [3.8, 4) is 0 Å². The average molecular weight is 433 g/mol. The highest BCUT2D eigenvalue weighted by Gasteiger charge is 2.26. The Balaban J connectivity index is 1.86. The number of sulfone groups is 1. The minimum Gasteiger partial charge on any atom is -0.326 e. The van der Waals surface area contributed by atoms with Crippen molar-refractivity contribution in [1.82, 2.24) is 18.7 Å². The fraction of sp³-hybridized carbons (Fsp3) is 0.368. The molecule has 0 aliphatic carbocycles. The molecule has 3 rings (SSSR count). The lowest BCUT2D eigenvalue weighted by molar-refractivity contribution is -0.115. The van der Waals surface area contributed by atoms with E-state index in [-0.39, 0.29) is 22.7 Å². The number of hydrogen-bond acceptors (Lipinski definition) is 6. The second-order valence-corrected chi connectivity index (χ2v) is 9.01. The zero-order valence-electron chi connectivity index (χ0n) is 17.2. The standard InChI is InChI=1S/C19H23N5O5S/c1-5-12-7-6-8-13(11-12)20-14(25)9-10-30(28,29)18-21-15-16(22(18)2)23(3)19(27)24(4)17(15)26/h6-8,11H,5,9-10H2,1-4H3,(H,20,25). The van der Waals surface area contributed by atoms with Gasteiger partial charge >= 0.3 is 5.69 Å². The topological polar surface area (TPSA) is 125 Å². The lowest BCUT2D eigenvalue weighted by Gasteiger charge is -2.08. The summed E-state index contributed by atoms with van der Waals surface area (Å²) in [5.41, 5.74) is 0.348. The Morgan fingerprint density at radius 3 is 2.47 bits per heavy atom. The second-order valence-electron chi connectivity index (χ2n) is 7.00. The first kappa shape index (κ1) is 21.5. The number of fused-ring (bicyclic) bond motifs is 1. The van der Waals surface area contributed by atoms with E-state index >= 15 is 0 Å². The predicted molar refractivity (Wildman–Crippen MR) is 112 cm³/mol. The van der Waals surface area contributed by atoms with Gasteiger partial charge in [0.05, 0.1) is 5.75 Å². The first-order chi connectivity index (χ1) is 14.1. The molecule has 0 unspecified atom stereocenters. The minimum atomic E-state index is -3.98. The molecule has 3 aromatic rings. The van der Waals surface area contributed by atoms with Crippen LogP contribution in [0.25, 0.3) is 11.2 Å². The maximum atomic E-state index is 12.8. The monoisotopic (exact) mass is 433 g/mol. The Morgan fingerprint density at radius 1 is 1.10 bits per heavy atom. The summed E-state index contributed by atoms with van der Waals surface area (Å²) in [5, 5.41) is 2.32. The van der Waals surface area contributed by atoms with Crippen LogP contribution in [0.3, 0.4) is 0 Å². The number of rotatable bonds is 6. The Kier molecular flexibility index (Phi) is 5.66. The first-order valence-corrected chi connectivity index (χ1v) is 11.0. The fourth-order valence-corrected chi connectivity index (χ4v) is 4.62. The first-order valence-electron chi connectivity index (χ1n) is 9.30. The largest absolute Gasteiger partial charge is 0.332 e. The van der Waals surface area contributed by atoms with Crippen LogP contribution in [0, 0.1) is 0 Å². The molecule has 0 bridgehead atoms.